The number of nitrogens with two attached hydrogens (primary N) is 1. The summed E-state index contributed by atoms with van der Waals surface area (Å²) in [6.07, 6.45) is 6.84. The SMILES string of the molecule is Cc1nn(C[C@@H](F)CF)cc1Nc1nc(C2CC2)c(-c2cncc3c2ncn3C)nc1C(N)=O. The molecule has 1 atom stereocenters. The first-order valence-corrected chi connectivity index (χ1v) is 10.8. The van der Waals surface area contributed by atoms with Crippen molar-refractivity contribution in [2.24, 2.45) is 12.8 Å². The van der Waals surface area contributed by atoms with E-state index in [9.17, 15) is 13.6 Å². The van der Waals surface area contributed by atoms with Crippen LogP contribution in [0.5, 0.6) is 0 Å². The molecule has 1 fully saturated rings. The molecule has 0 radical (unpaired) electrons. The Bertz CT molecular complexity index is 1390. The number of carbonyl (C=O) groups excluding carboxylic acids is 1. The minimum atomic E-state index is -1.66. The zero-order valence-electron chi connectivity index (χ0n) is 18.7. The molecule has 0 unspecified atom stereocenters. The van der Waals surface area contributed by atoms with Gasteiger partial charge < -0.3 is 15.6 Å². The van der Waals surface area contributed by atoms with Crippen molar-refractivity contribution >= 4 is 28.4 Å². The van der Waals surface area contributed by atoms with Crippen molar-refractivity contribution in [1.82, 2.24) is 34.3 Å². The number of nitrogens with one attached hydrogen (secondary N) is 1. The number of amides is 1. The van der Waals surface area contributed by atoms with Crippen LogP contribution in [0.15, 0.2) is 24.9 Å². The van der Waals surface area contributed by atoms with Crippen LogP contribution >= 0.6 is 0 Å². The fourth-order valence-electron chi connectivity index (χ4n) is 3.88. The summed E-state index contributed by atoms with van der Waals surface area (Å²) < 4.78 is 29.2. The number of aryl methyl sites for hydroxylation is 2. The second-order valence-corrected chi connectivity index (χ2v) is 8.43. The van der Waals surface area contributed by atoms with E-state index in [4.69, 9.17) is 10.7 Å². The van der Waals surface area contributed by atoms with Gasteiger partial charge in [-0.25, -0.2) is 23.7 Å². The van der Waals surface area contributed by atoms with Crippen molar-refractivity contribution < 1.29 is 13.6 Å². The fourth-order valence-corrected chi connectivity index (χ4v) is 3.88. The van der Waals surface area contributed by atoms with E-state index in [1.54, 1.807) is 25.6 Å². The Labute approximate surface area is 193 Å². The number of imidazole rings is 1. The highest BCUT2D eigenvalue weighted by atomic mass is 19.2. The van der Waals surface area contributed by atoms with E-state index >= 15 is 0 Å². The van der Waals surface area contributed by atoms with Gasteiger partial charge in [-0.2, -0.15) is 5.10 Å². The Morgan fingerprint density at radius 3 is 2.82 bits per heavy atom. The molecule has 4 aromatic rings. The number of alkyl halides is 2. The van der Waals surface area contributed by atoms with Crippen molar-refractivity contribution in [2.75, 3.05) is 12.0 Å². The van der Waals surface area contributed by atoms with Crippen molar-refractivity contribution in [1.29, 1.82) is 0 Å². The zero-order chi connectivity index (χ0) is 24.0. The number of halogens is 2. The summed E-state index contributed by atoms with van der Waals surface area (Å²) in [6, 6.07) is 0. The summed E-state index contributed by atoms with van der Waals surface area (Å²) in [6.45, 7) is 0.395. The van der Waals surface area contributed by atoms with E-state index in [1.807, 2.05) is 11.6 Å². The molecule has 1 amide bonds. The third-order valence-corrected chi connectivity index (χ3v) is 5.77. The maximum Gasteiger partial charge on any atom is 0.271 e. The predicted molar refractivity (Wildman–Crippen MR) is 121 cm³/mol. The van der Waals surface area contributed by atoms with Gasteiger partial charge in [-0.1, -0.05) is 0 Å². The molecule has 176 valence electrons. The maximum absolute atomic E-state index is 13.5. The van der Waals surface area contributed by atoms with Gasteiger partial charge in [0, 0.05) is 30.9 Å². The Morgan fingerprint density at radius 2 is 2.12 bits per heavy atom. The lowest BCUT2D eigenvalue weighted by Gasteiger charge is -2.14. The first-order valence-electron chi connectivity index (χ1n) is 10.8. The van der Waals surface area contributed by atoms with Gasteiger partial charge in [0.15, 0.2) is 11.5 Å². The lowest BCUT2D eigenvalue weighted by molar-refractivity contribution is 0.0996. The molecule has 34 heavy (non-hydrogen) atoms. The average molecular weight is 467 g/mol. The third-order valence-electron chi connectivity index (χ3n) is 5.77. The quantitative estimate of drug-likeness (QED) is 0.407. The molecular weight excluding hydrogens is 444 g/mol. The number of carbonyl (C=O) groups is 1. The number of anilines is 2. The maximum atomic E-state index is 13.5. The summed E-state index contributed by atoms with van der Waals surface area (Å²) in [7, 11) is 1.87. The van der Waals surface area contributed by atoms with E-state index < -0.39 is 18.8 Å². The van der Waals surface area contributed by atoms with Gasteiger partial charge in [-0.05, 0) is 19.8 Å². The zero-order valence-corrected chi connectivity index (χ0v) is 18.7. The van der Waals surface area contributed by atoms with Crippen LogP contribution in [0.2, 0.25) is 0 Å². The monoisotopic (exact) mass is 467 g/mol. The standard InChI is InChI=1S/C22H23F2N9O/c1-11-15(9-33(31-11)8-13(24)5-23)28-22-20(21(25)34)29-19(17(30-22)12-3-4-12)14-6-26-7-16-18(14)27-10-32(16)2/h6-7,9-10,12-13H,3-5,8H2,1-2H3,(H2,25,34)(H,28,30)/t13-/m0/s1. The van der Waals surface area contributed by atoms with Crippen molar-refractivity contribution in [2.45, 2.75) is 38.4 Å². The Hall–Kier alpha value is -3.96. The molecule has 5 rings (SSSR count). The van der Waals surface area contributed by atoms with Crippen molar-refractivity contribution in [3.8, 4) is 11.3 Å². The summed E-state index contributed by atoms with van der Waals surface area (Å²) in [4.78, 5) is 30.6. The van der Waals surface area contributed by atoms with E-state index in [2.05, 4.69) is 25.4 Å². The number of nitrogens with zero attached hydrogens (tertiary/aromatic N) is 7. The molecule has 4 aromatic heterocycles. The number of primary amides is 1. The number of rotatable bonds is 8. The first-order chi connectivity index (χ1) is 16.4. The second kappa shape index (κ2) is 8.43. The van der Waals surface area contributed by atoms with Crippen LogP contribution in [0.3, 0.4) is 0 Å². The summed E-state index contributed by atoms with van der Waals surface area (Å²) in [5.74, 6) is -0.389. The topological polar surface area (TPSA) is 129 Å². The van der Waals surface area contributed by atoms with Crippen LogP contribution in [0.25, 0.3) is 22.3 Å². The van der Waals surface area contributed by atoms with Crippen LogP contribution in [0.1, 0.15) is 40.6 Å². The molecule has 1 saturated carbocycles. The van der Waals surface area contributed by atoms with Gasteiger partial charge in [-0.3, -0.25) is 14.5 Å². The fraction of sp³-hybridized carbons (Fsp3) is 0.364. The first kappa shape index (κ1) is 21.9. The third kappa shape index (κ3) is 3.95. The van der Waals surface area contributed by atoms with Gasteiger partial charge >= 0.3 is 0 Å². The number of hydrogen-bond donors (Lipinski definition) is 2. The highest BCUT2D eigenvalue weighted by molar-refractivity contribution is 5.98. The van der Waals surface area contributed by atoms with Gasteiger partial charge in [0.2, 0.25) is 0 Å². The van der Waals surface area contributed by atoms with Crippen LogP contribution in [0, 0.1) is 6.92 Å². The normalized spacial score (nSPS) is 14.5. The minimum absolute atomic E-state index is 0.0494. The van der Waals surface area contributed by atoms with Crippen molar-refractivity contribution in [3.05, 3.63) is 42.0 Å². The van der Waals surface area contributed by atoms with E-state index in [0.29, 0.717) is 28.2 Å². The Kier molecular flexibility index (Phi) is 5.42. The van der Waals surface area contributed by atoms with Crippen LogP contribution in [-0.4, -0.2) is 53.0 Å². The number of hydrogen-bond acceptors (Lipinski definition) is 7. The van der Waals surface area contributed by atoms with Crippen LogP contribution in [-0.2, 0) is 13.6 Å². The Morgan fingerprint density at radius 1 is 1.32 bits per heavy atom. The molecule has 0 saturated heterocycles. The molecule has 1 aliphatic carbocycles. The summed E-state index contributed by atoms with van der Waals surface area (Å²) >= 11 is 0. The largest absolute Gasteiger partial charge is 0.364 e. The average Bonchev–Trinajstić information content (AvgIpc) is 3.52. The molecule has 1 aliphatic rings. The predicted octanol–water partition coefficient (Wildman–Crippen LogP) is 2.96. The lowest BCUT2D eigenvalue weighted by atomic mass is 10.1. The van der Waals surface area contributed by atoms with E-state index in [1.165, 1.54) is 10.9 Å². The molecule has 0 bridgehead atoms. The molecule has 0 spiro atoms. The van der Waals surface area contributed by atoms with E-state index in [-0.39, 0.29) is 24.0 Å². The molecule has 12 heteroatoms. The van der Waals surface area contributed by atoms with Crippen molar-refractivity contribution in [3.63, 3.8) is 0 Å². The molecular formula is C22H23F2N9O. The lowest BCUT2D eigenvalue weighted by Crippen LogP contribution is -2.18. The smallest absolute Gasteiger partial charge is 0.271 e. The molecule has 3 N–H and O–H groups in total. The van der Waals surface area contributed by atoms with E-state index in [0.717, 1.165) is 24.1 Å². The molecule has 0 aliphatic heterocycles. The highest BCUT2D eigenvalue weighted by Crippen LogP contribution is 2.44. The van der Waals surface area contributed by atoms with Crippen LogP contribution < -0.4 is 11.1 Å². The molecule has 10 nitrogen and oxygen atoms in total. The molecule has 0 aromatic carbocycles. The van der Waals surface area contributed by atoms with Gasteiger partial charge in [0.1, 0.15) is 18.4 Å². The number of pyridine rings is 1. The van der Waals surface area contributed by atoms with Gasteiger partial charge in [0.05, 0.1) is 47.4 Å². The highest BCUT2D eigenvalue weighted by Gasteiger charge is 2.32. The van der Waals surface area contributed by atoms with Gasteiger partial charge in [0.25, 0.3) is 5.91 Å². The number of aromatic nitrogens is 7. The second-order valence-electron chi connectivity index (χ2n) is 8.43. The summed E-state index contributed by atoms with van der Waals surface area (Å²) in [5.41, 5.74) is 10.1. The minimum Gasteiger partial charge on any atom is -0.364 e. The molecule has 4 heterocycles. The Balaban J connectivity index is 1.60. The number of fused-ring (bicyclic) bond motifs is 1. The van der Waals surface area contributed by atoms with Gasteiger partial charge in [-0.15, -0.1) is 0 Å². The van der Waals surface area contributed by atoms with Crippen LogP contribution in [0.4, 0.5) is 20.3 Å². The summed E-state index contributed by atoms with van der Waals surface area (Å²) in [5, 5.41) is 7.27.